The monoisotopic (exact) mass is 174 g/mol. The smallest absolute Gasteiger partial charge is 0.197 e. The van der Waals surface area contributed by atoms with Gasteiger partial charge in [-0.15, -0.1) is 0 Å². The summed E-state index contributed by atoms with van der Waals surface area (Å²) in [6, 6.07) is 0. The van der Waals surface area contributed by atoms with E-state index in [0.29, 0.717) is 0 Å². The standard InChI is InChI=1S/C9H18O3/c1-8(2,3)12-7-6-9(7,10-4)11-5/h7H,6H2,1-5H3. The molecule has 0 bridgehead atoms. The third-order valence-electron chi connectivity index (χ3n) is 1.99. The molecule has 0 aromatic heterocycles. The normalized spacial score (nSPS) is 27.2. The molecular weight excluding hydrogens is 156 g/mol. The van der Waals surface area contributed by atoms with Crippen LogP contribution in [0.15, 0.2) is 0 Å². The maximum Gasteiger partial charge on any atom is 0.197 e. The predicted molar refractivity (Wildman–Crippen MR) is 46.0 cm³/mol. The van der Waals surface area contributed by atoms with Gasteiger partial charge >= 0.3 is 0 Å². The molecule has 72 valence electrons. The molecule has 1 aliphatic carbocycles. The summed E-state index contributed by atoms with van der Waals surface area (Å²) in [6.45, 7) is 6.09. The highest BCUT2D eigenvalue weighted by atomic mass is 16.7. The molecule has 0 aromatic carbocycles. The topological polar surface area (TPSA) is 27.7 Å². The Bertz CT molecular complexity index is 156. The van der Waals surface area contributed by atoms with Crippen LogP contribution in [0.25, 0.3) is 0 Å². The fraction of sp³-hybridized carbons (Fsp3) is 1.00. The van der Waals surface area contributed by atoms with Gasteiger partial charge in [-0.3, -0.25) is 0 Å². The number of rotatable bonds is 3. The first-order valence-corrected chi connectivity index (χ1v) is 4.22. The van der Waals surface area contributed by atoms with Crippen molar-refractivity contribution >= 4 is 0 Å². The van der Waals surface area contributed by atoms with E-state index in [1.165, 1.54) is 0 Å². The lowest BCUT2D eigenvalue weighted by Gasteiger charge is -2.22. The second-order valence-electron chi connectivity index (χ2n) is 4.14. The van der Waals surface area contributed by atoms with Crippen molar-refractivity contribution in [1.82, 2.24) is 0 Å². The lowest BCUT2D eigenvalue weighted by atomic mass is 10.2. The first kappa shape index (κ1) is 9.96. The molecule has 0 saturated heterocycles. The number of hydrogen-bond acceptors (Lipinski definition) is 3. The van der Waals surface area contributed by atoms with Gasteiger partial charge in [0.2, 0.25) is 0 Å². The second kappa shape index (κ2) is 2.98. The summed E-state index contributed by atoms with van der Waals surface area (Å²) in [7, 11) is 3.30. The van der Waals surface area contributed by atoms with E-state index in [2.05, 4.69) is 0 Å². The van der Waals surface area contributed by atoms with Crippen LogP contribution >= 0.6 is 0 Å². The van der Waals surface area contributed by atoms with Gasteiger partial charge in [-0.25, -0.2) is 0 Å². The number of ether oxygens (including phenoxy) is 3. The Morgan fingerprint density at radius 2 is 1.67 bits per heavy atom. The summed E-state index contributed by atoms with van der Waals surface area (Å²) in [5, 5.41) is 0. The minimum Gasteiger partial charge on any atom is -0.367 e. The summed E-state index contributed by atoms with van der Waals surface area (Å²) in [5.74, 6) is -0.465. The molecule has 0 radical (unpaired) electrons. The van der Waals surface area contributed by atoms with Crippen LogP contribution in [-0.4, -0.2) is 31.7 Å². The van der Waals surface area contributed by atoms with Crippen LogP contribution in [0.3, 0.4) is 0 Å². The van der Waals surface area contributed by atoms with Gasteiger partial charge in [0.15, 0.2) is 5.79 Å². The predicted octanol–water partition coefficient (Wildman–Crippen LogP) is 1.56. The molecule has 12 heavy (non-hydrogen) atoms. The largest absolute Gasteiger partial charge is 0.367 e. The molecule has 0 spiro atoms. The maximum atomic E-state index is 5.70. The minimum absolute atomic E-state index is 0.0903. The summed E-state index contributed by atoms with van der Waals surface area (Å²) >= 11 is 0. The van der Waals surface area contributed by atoms with E-state index in [0.717, 1.165) is 6.42 Å². The van der Waals surface area contributed by atoms with Gasteiger partial charge in [-0.2, -0.15) is 0 Å². The van der Waals surface area contributed by atoms with Gasteiger partial charge in [0, 0.05) is 20.6 Å². The fourth-order valence-electron chi connectivity index (χ4n) is 1.27. The van der Waals surface area contributed by atoms with Gasteiger partial charge in [0.1, 0.15) is 6.10 Å². The fourth-order valence-corrected chi connectivity index (χ4v) is 1.27. The van der Waals surface area contributed by atoms with Crippen molar-refractivity contribution in [2.45, 2.75) is 44.7 Å². The van der Waals surface area contributed by atoms with E-state index in [1.54, 1.807) is 14.2 Å². The summed E-state index contributed by atoms with van der Waals surface area (Å²) in [6.07, 6.45) is 0.921. The Morgan fingerprint density at radius 3 is 1.92 bits per heavy atom. The molecule has 0 N–H and O–H groups in total. The zero-order chi connectivity index (χ0) is 9.41. The van der Waals surface area contributed by atoms with Crippen molar-refractivity contribution in [2.75, 3.05) is 14.2 Å². The van der Waals surface area contributed by atoms with E-state index in [-0.39, 0.29) is 11.7 Å². The molecule has 0 aromatic rings. The molecule has 1 aliphatic rings. The van der Waals surface area contributed by atoms with Crippen molar-refractivity contribution in [3.05, 3.63) is 0 Å². The van der Waals surface area contributed by atoms with E-state index in [9.17, 15) is 0 Å². The van der Waals surface area contributed by atoms with Gasteiger partial charge in [0.25, 0.3) is 0 Å². The molecule has 1 rings (SSSR count). The van der Waals surface area contributed by atoms with E-state index in [1.807, 2.05) is 20.8 Å². The first-order valence-electron chi connectivity index (χ1n) is 4.22. The summed E-state index contributed by atoms with van der Waals surface area (Å²) in [5.41, 5.74) is -0.122. The average Bonchev–Trinajstić information content (AvgIpc) is 2.60. The second-order valence-corrected chi connectivity index (χ2v) is 4.14. The Balaban J connectivity index is 2.41. The van der Waals surface area contributed by atoms with Crippen molar-refractivity contribution in [1.29, 1.82) is 0 Å². The molecule has 3 nitrogen and oxygen atoms in total. The molecule has 1 unspecified atom stereocenters. The summed E-state index contributed by atoms with van der Waals surface area (Å²) < 4.78 is 16.1. The first-order chi connectivity index (χ1) is 5.43. The highest BCUT2D eigenvalue weighted by molar-refractivity contribution is 5.00. The van der Waals surface area contributed by atoms with E-state index in [4.69, 9.17) is 14.2 Å². The zero-order valence-electron chi connectivity index (χ0n) is 8.51. The molecule has 0 aliphatic heterocycles. The van der Waals surface area contributed by atoms with Crippen LogP contribution in [0.4, 0.5) is 0 Å². The molecular formula is C9H18O3. The van der Waals surface area contributed by atoms with E-state index >= 15 is 0 Å². The van der Waals surface area contributed by atoms with Crippen LogP contribution in [0.2, 0.25) is 0 Å². The van der Waals surface area contributed by atoms with Crippen LogP contribution in [-0.2, 0) is 14.2 Å². The SMILES string of the molecule is COC1(OC)CC1OC(C)(C)C. The third kappa shape index (κ3) is 1.97. The average molecular weight is 174 g/mol. The Hall–Kier alpha value is -0.120. The van der Waals surface area contributed by atoms with Gasteiger partial charge in [0.05, 0.1) is 5.60 Å². The van der Waals surface area contributed by atoms with Crippen molar-refractivity contribution < 1.29 is 14.2 Å². The Morgan fingerprint density at radius 1 is 1.17 bits per heavy atom. The van der Waals surface area contributed by atoms with Crippen LogP contribution in [0.1, 0.15) is 27.2 Å². The third-order valence-corrected chi connectivity index (χ3v) is 1.99. The van der Waals surface area contributed by atoms with Crippen LogP contribution < -0.4 is 0 Å². The van der Waals surface area contributed by atoms with E-state index < -0.39 is 5.79 Å². The molecule has 0 amide bonds. The number of methoxy groups -OCH3 is 2. The molecule has 3 heteroatoms. The van der Waals surface area contributed by atoms with Crippen LogP contribution in [0, 0.1) is 0 Å². The van der Waals surface area contributed by atoms with Crippen molar-refractivity contribution in [3.63, 3.8) is 0 Å². The summed E-state index contributed by atoms with van der Waals surface area (Å²) in [4.78, 5) is 0. The number of hydrogen-bond donors (Lipinski definition) is 0. The highest BCUT2D eigenvalue weighted by Crippen LogP contribution is 2.44. The minimum atomic E-state index is -0.465. The highest BCUT2D eigenvalue weighted by Gasteiger charge is 2.58. The molecule has 1 fully saturated rings. The van der Waals surface area contributed by atoms with Crippen molar-refractivity contribution in [2.24, 2.45) is 0 Å². The van der Waals surface area contributed by atoms with Gasteiger partial charge < -0.3 is 14.2 Å². The lowest BCUT2D eigenvalue weighted by molar-refractivity contribution is -0.174. The quantitative estimate of drug-likeness (QED) is 0.608. The Labute approximate surface area is 74.0 Å². The Kier molecular flexibility index (Phi) is 2.47. The zero-order valence-corrected chi connectivity index (χ0v) is 8.51. The van der Waals surface area contributed by atoms with Crippen LogP contribution in [0.5, 0.6) is 0 Å². The van der Waals surface area contributed by atoms with Gasteiger partial charge in [-0.05, 0) is 20.8 Å². The van der Waals surface area contributed by atoms with Gasteiger partial charge in [-0.1, -0.05) is 0 Å². The maximum absolute atomic E-state index is 5.70. The van der Waals surface area contributed by atoms with Crippen molar-refractivity contribution in [3.8, 4) is 0 Å². The molecule has 0 heterocycles. The molecule has 1 atom stereocenters. The molecule has 1 saturated carbocycles. The lowest BCUT2D eigenvalue weighted by Crippen LogP contribution is -2.28.